The molecule has 1 aliphatic rings. The van der Waals surface area contributed by atoms with Crippen LogP contribution in [0.5, 0.6) is 5.75 Å². The number of amides is 2. The lowest BCUT2D eigenvalue weighted by Gasteiger charge is -2.37. The van der Waals surface area contributed by atoms with Gasteiger partial charge in [-0.3, -0.25) is 9.69 Å². The van der Waals surface area contributed by atoms with Crippen molar-refractivity contribution < 1.29 is 29.0 Å². The number of aliphatic carboxylic acids is 1. The molecule has 0 unspecified atom stereocenters. The van der Waals surface area contributed by atoms with E-state index < -0.39 is 35.7 Å². The molecule has 5 rings (SSSR count). The van der Waals surface area contributed by atoms with Gasteiger partial charge < -0.3 is 19.9 Å². The number of benzene rings is 4. The van der Waals surface area contributed by atoms with Crippen LogP contribution in [0.4, 0.5) is 4.79 Å². The number of carboxylic acid groups (broad SMARTS) is 1. The number of rotatable bonds is 9. The standard InChI is InChI=1S/C38H40N2O6/c1-25-10-12-27(13-11-25)24-45-32-19-18-30-22-34(40(23-31(30)21-32)37(44)46-38(2,3)4)35(41)39-33(36(42)43)20-26-14-16-29(17-15-26)28-8-6-5-7-9-28/h5-19,21,33-34H,20,22-24H2,1-4H3,(H,39,41)(H,42,43)/t33-,34-/m0/s1. The summed E-state index contributed by atoms with van der Waals surface area (Å²) >= 11 is 0. The maximum absolute atomic E-state index is 13.7. The molecule has 2 atom stereocenters. The molecule has 0 spiro atoms. The summed E-state index contributed by atoms with van der Waals surface area (Å²) in [6, 6.07) is 29.1. The van der Waals surface area contributed by atoms with E-state index in [0.717, 1.165) is 33.4 Å². The molecule has 0 fully saturated rings. The minimum absolute atomic E-state index is 0.0908. The first-order valence-electron chi connectivity index (χ1n) is 15.4. The molecule has 46 heavy (non-hydrogen) atoms. The SMILES string of the molecule is Cc1ccc(COc2ccc3c(c2)CN(C(=O)OC(C)(C)C)[C@H](C(=O)N[C@@H](Cc2ccc(-c4ccccc4)cc2)C(=O)O)C3)cc1. The van der Waals surface area contributed by atoms with Crippen LogP contribution < -0.4 is 10.1 Å². The van der Waals surface area contributed by atoms with Crippen LogP contribution in [0.3, 0.4) is 0 Å². The first kappa shape index (κ1) is 32.3. The highest BCUT2D eigenvalue weighted by atomic mass is 16.6. The van der Waals surface area contributed by atoms with Crippen LogP contribution in [-0.2, 0) is 40.3 Å². The molecule has 238 valence electrons. The molecule has 4 aromatic rings. The third-order valence-corrected chi connectivity index (χ3v) is 7.88. The molecule has 1 aliphatic heterocycles. The van der Waals surface area contributed by atoms with E-state index >= 15 is 0 Å². The Labute approximate surface area is 270 Å². The summed E-state index contributed by atoms with van der Waals surface area (Å²) in [5.74, 6) is -1.06. The van der Waals surface area contributed by atoms with Crippen LogP contribution in [0, 0.1) is 6.92 Å². The van der Waals surface area contributed by atoms with Gasteiger partial charge in [-0.25, -0.2) is 9.59 Å². The molecule has 0 bridgehead atoms. The molecular weight excluding hydrogens is 580 g/mol. The summed E-state index contributed by atoms with van der Waals surface area (Å²) in [5, 5.41) is 12.7. The highest BCUT2D eigenvalue weighted by Gasteiger charge is 2.38. The Morgan fingerprint density at radius 1 is 0.870 bits per heavy atom. The molecule has 1 heterocycles. The van der Waals surface area contributed by atoms with Gasteiger partial charge in [-0.2, -0.15) is 0 Å². The van der Waals surface area contributed by atoms with Gasteiger partial charge in [0.1, 0.15) is 30.0 Å². The first-order valence-corrected chi connectivity index (χ1v) is 15.4. The third-order valence-electron chi connectivity index (χ3n) is 7.88. The minimum atomic E-state index is -1.19. The Kier molecular flexibility index (Phi) is 9.75. The number of aryl methyl sites for hydroxylation is 1. The molecule has 0 aromatic heterocycles. The van der Waals surface area contributed by atoms with Crippen LogP contribution in [0.2, 0.25) is 0 Å². The van der Waals surface area contributed by atoms with Crippen molar-refractivity contribution >= 4 is 18.0 Å². The monoisotopic (exact) mass is 620 g/mol. The highest BCUT2D eigenvalue weighted by Crippen LogP contribution is 2.29. The number of hydrogen-bond acceptors (Lipinski definition) is 5. The fraction of sp³-hybridized carbons (Fsp3) is 0.289. The second-order valence-electron chi connectivity index (χ2n) is 12.7. The normalized spacial score (nSPS) is 15.0. The second kappa shape index (κ2) is 13.9. The van der Waals surface area contributed by atoms with Gasteiger partial charge in [0.15, 0.2) is 0 Å². The number of nitrogens with one attached hydrogen (secondary N) is 1. The number of carbonyl (C=O) groups is 3. The van der Waals surface area contributed by atoms with Crippen molar-refractivity contribution in [3.05, 3.63) is 125 Å². The van der Waals surface area contributed by atoms with Crippen LogP contribution in [-0.4, -0.2) is 45.7 Å². The van der Waals surface area contributed by atoms with Gasteiger partial charge in [-0.1, -0.05) is 90.5 Å². The van der Waals surface area contributed by atoms with Gasteiger partial charge in [0, 0.05) is 12.8 Å². The molecule has 8 heteroatoms. The largest absolute Gasteiger partial charge is 0.489 e. The number of carboxylic acids is 1. The van der Waals surface area contributed by atoms with Gasteiger partial charge in [-0.05, 0) is 73.2 Å². The average Bonchev–Trinajstić information content (AvgIpc) is 3.03. The zero-order valence-corrected chi connectivity index (χ0v) is 26.7. The van der Waals surface area contributed by atoms with Crippen LogP contribution in [0.25, 0.3) is 11.1 Å². The van der Waals surface area contributed by atoms with E-state index in [2.05, 4.69) is 5.32 Å². The Morgan fingerprint density at radius 2 is 1.52 bits per heavy atom. The number of ether oxygens (including phenoxy) is 2. The summed E-state index contributed by atoms with van der Waals surface area (Å²) in [5.41, 5.74) is 5.98. The number of hydrogen-bond donors (Lipinski definition) is 2. The second-order valence-corrected chi connectivity index (χ2v) is 12.7. The highest BCUT2D eigenvalue weighted by molar-refractivity contribution is 5.90. The predicted molar refractivity (Wildman–Crippen MR) is 176 cm³/mol. The molecule has 8 nitrogen and oxygen atoms in total. The van der Waals surface area contributed by atoms with Crippen molar-refractivity contribution in [3.8, 4) is 16.9 Å². The number of carbonyl (C=O) groups excluding carboxylic acids is 2. The van der Waals surface area contributed by atoms with E-state index in [1.807, 2.05) is 104 Å². The lowest BCUT2D eigenvalue weighted by molar-refractivity contribution is -0.142. The molecule has 0 saturated heterocycles. The number of nitrogens with zero attached hydrogens (tertiary/aromatic N) is 1. The van der Waals surface area contributed by atoms with Crippen LogP contribution in [0.15, 0.2) is 97.1 Å². The van der Waals surface area contributed by atoms with E-state index in [0.29, 0.717) is 12.4 Å². The number of fused-ring (bicyclic) bond motifs is 1. The summed E-state index contributed by atoms with van der Waals surface area (Å²) in [6.07, 6.45) is -0.350. The molecule has 2 amide bonds. The summed E-state index contributed by atoms with van der Waals surface area (Å²) in [4.78, 5) is 40.8. The molecule has 0 saturated carbocycles. The van der Waals surface area contributed by atoms with Gasteiger partial charge in [-0.15, -0.1) is 0 Å². The van der Waals surface area contributed by atoms with Crippen molar-refractivity contribution in [2.45, 2.75) is 71.4 Å². The molecular formula is C38H40N2O6. The van der Waals surface area contributed by atoms with Gasteiger partial charge >= 0.3 is 12.1 Å². The Bertz CT molecular complexity index is 1680. The summed E-state index contributed by atoms with van der Waals surface area (Å²) in [7, 11) is 0. The zero-order valence-electron chi connectivity index (χ0n) is 26.7. The third kappa shape index (κ3) is 8.33. The molecule has 0 radical (unpaired) electrons. The fourth-order valence-corrected chi connectivity index (χ4v) is 5.42. The van der Waals surface area contributed by atoms with E-state index in [-0.39, 0.29) is 19.4 Å². The minimum Gasteiger partial charge on any atom is -0.489 e. The van der Waals surface area contributed by atoms with Crippen molar-refractivity contribution in [1.82, 2.24) is 10.2 Å². The van der Waals surface area contributed by atoms with Crippen molar-refractivity contribution in [3.63, 3.8) is 0 Å². The van der Waals surface area contributed by atoms with E-state index in [4.69, 9.17) is 9.47 Å². The van der Waals surface area contributed by atoms with Gasteiger partial charge in [0.05, 0.1) is 6.54 Å². The van der Waals surface area contributed by atoms with E-state index in [1.165, 1.54) is 10.5 Å². The molecule has 4 aromatic carbocycles. The molecule has 2 N–H and O–H groups in total. The fourth-order valence-electron chi connectivity index (χ4n) is 5.42. The molecule has 0 aliphatic carbocycles. The average molecular weight is 621 g/mol. The Morgan fingerprint density at radius 3 is 2.17 bits per heavy atom. The Balaban J connectivity index is 1.32. The summed E-state index contributed by atoms with van der Waals surface area (Å²) in [6.45, 7) is 7.83. The Hall–Kier alpha value is -5.11. The predicted octanol–water partition coefficient (Wildman–Crippen LogP) is 6.71. The zero-order chi connectivity index (χ0) is 32.8. The maximum atomic E-state index is 13.7. The topological polar surface area (TPSA) is 105 Å². The van der Waals surface area contributed by atoms with Crippen molar-refractivity contribution in [1.29, 1.82) is 0 Å². The van der Waals surface area contributed by atoms with Crippen molar-refractivity contribution in [2.75, 3.05) is 0 Å². The smallest absolute Gasteiger partial charge is 0.411 e. The van der Waals surface area contributed by atoms with Gasteiger partial charge in [0.2, 0.25) is 5.91 Å². The lowest BCUT2D eigenvalue weighted by Crippen LogP contribution is -2.56. The van der Waals surface area contributed by atoms with Gasteiger partial charge in [0.25, 0.3) is 0 Å². The van der Waals surface area contributed by atoms with E-state index in [9.17, 15) is 19.5 Å². The quantitative estimate of drug-likeness (QED) is 0.215. The first-order chi connectivity index (χ1) is 21.9. The van der Waals surface area contributed by atoms with E-state index in [1.54, 1.807) is 20.8 Å². The lowest BCUT2D eigenvalue weighted by atomic mass is 9.93. The van der Waals surface area contributed by atoms with Crippen LogP contribution >= 0.6 is 0 Å². The summed E-state index contributed by atoms with van der Waals surface area (Å²) < 4.78 is 11.7. The van der Waals surface area contributed by atoms with Crippen molar-refractivity contribution in [2.24, 2.45) is 0 Å². The van der Waals surface area contributed by atoms with Crippen LogP contribution in [0.1, 0.15) is 48.6 Å². The maximum Gasteiger partial charge on any atom is 0.411 e.